The maximum Gasteiger partial charge on any atom is 0.257 e. The second-order valence-corrected chi connectivity index (χ2v) is 7.46. The molecule has 1 aliphatic heterocycles. The first-order chi connectivity index (χ1) is 14.0. The summed E-state index contributed by atoms with van der Waals surface area (Å²) >= 11 is 0. The van der Waals surface area contributed by atoms with E-state index in [4.69, 9.17) is 9.47 Å². The van der Waals surface area contributed by atoms with Crippen LogP contribution in [0, 0.1) is 0 Å². The SMILES string of the molecule is COc1ccccc1C(=O)N1CCC[C@H]1COc1ccc(C(=O)NC(C)C)cc1. The average molecular weight is 396 g/mol. The first kappa shape index (κ1) is 20.7. The molecule has 2 aromatic rings. The Morgan fingerprint density at radius 3 is 2.55 bits per heavy atom. The van der Waals surface area contributed by atoms with Crippen LogP contribution >= 0.6 is 0 Å². The fraction of sp³-hybridized carbons (Fsp3) is 0.391. The Morgan fingerprint density at radius 2 is 1.86 bits per heavy atom. The highest BCUT2D eigenvalue weighted by molar-refractivity contribution is 5.97. The first-order valence-corrected chi connectivity index (χ1v) is 9.97. The number of hydrogen-bond donors (Lipinski definition) is 1. The van der Waals surface area contributed by atoms with Gasteiger partial charge in [0.15, 0.2) is 0 Å². The van der Waals surface area contributed by atoms with E-state index in [-0.39, 0.29) is 23.9 Å². The molecule has 0 spiro atoms. The Hall–Kier alpha value is -3.02. The molecular weight excluding hydrogens is 368 g/mol. The lowest BCUT2D eigenvalue weighted by Crippen LogP contribution is -2.39. The topological polar surface area (TPSA) is 67.9 Å². The van der Waals surface area contributed by atoms with E-state index in [9.17, 15) is 9.59 Å². The Balaban J connectivity index is 1.61. The van der Waals surface area contributed by atoms with Gasteiger partial charge in [-0.05, 0) is 63.1 Å². The van der Waals surface area contributed by atoms with E-state index in [0.717, 1.165) is 12.8 Å². The summed E-state index contributed by atoms with van der Waals surface area (Å²) in [6.45, 7) is 4.97. The molecule has 3 rings (SSSR count). The Kier molecular flexibility index (Phi) is 6.75. The highest BCUT2D eigenvalue weighted by Gasteiger charge is 2.31. The van der Waals surface area contributed by atoms with Crippen molar-refractivity contribution in [3.8, 4) is 11.5 Å². The summed E-state index contributed by atoms with van der Waals surface area (Å²) in [5.74, 6) is 1.13. The predicted octanol–water partition coefficient (Wildman–Crippen LogP) is 3.52. The fourth-order valence-electron chi connectivity index (χ4n) is 3.49. The zero-order valence-corrected chi connectivity index (χ0v) is 17.2. The van der Waals surface area contributed by atoms with Gasteiger partial charge in [-0.2, -0.15) is 0 Å². The number of ether oxygens (including phenoxy) is 2. The van der Waals surface area contributed by atoms with Crippen LogP contribution < -0.4 is 14.8 Å². The molecule has 1 aliphatic rings. The molecule has 1 N–H and O–H groups in total. The van der Waals surface area contributed by atoms with Crippen molar-refractivity contribution >= 4 is 11.8 Å². The quantitative estimate of drug-likeness (QED) is 0.778. The monoisotopic (exact) mass is 396 g/mol. The largest absolute Gasteiger partial charge is 0.496 e. The number of methoxy groups -OCH3 is 1. The Labute approximate surface area is 171 Å². The molecule has 0 unspecified atom stereocenters. The second kappa shape index (κ2) is 9.45. The van der Waals surface area contributed by atoms with E-state index in [1.165, 1.54) is 0 Å². The zero-order chi connectivity index (χ0) is 20.8. The molecule has 1 heterocycles. The predicted molar refractivity (Wildman–Crippen MR) is 112 cm³/mol. The molecule has 0 aliphatic carbocycles. The van der Waals surface area contributed by atoms with Crippen LogP contribution in [0.15, 0.2) is 48.5 Å². The van der Waals surface area contributed by atoms with E-state index in [0.29, 0.717) is 35.8 Å². The van der Waals surface area contributed by atoms with Gasteiger partial charge in [0.2, 0.25) is 0 Å². The molecule has 1 saturated heterocycles. The highest BCUT2D eigenvalue weighted by Crippen LogP contribution is 2.25. The van der Waals surface area contributed by atoms with Crippen LogP contribution in [0.1, 0.15) is 47.4 Å². The number of carbonyl (C=O) groups excluding carboxylic acids is 2. The maximum atomic E-state index is 13.0. The summed E-state index contributed by atoms with van der Waals surface area (Å²) in [7, 11) is 1.57. The molecule has 0 radical (unpaired) electrons. The molecule has 2 amide bonds. The summed E-state index contributed by atoms with van der Waals surface area (Å²) in [6.07, 6.45) is 1.85. The van der Waals surface area contributed by atoms with Crippen LogP contribution in [0.5, 0.6) is 11.5 Å². The van der Waals surface area contributed by atoms with E-state index in [1.807, 2.05) is 30.9 Å². The molecule has 0 bridgehead atoms. The van der Waals surface area contributed by atoms with Gasteiger partial charge in [0.1, 0.15) is 18.1 Å². The van der Waals surface area contributed by atoms with Gasteiger partial charge in [0, 0.05) is 18.2 Å². The number of likely N-dealkylation sites (tertiary alicyclic amines) is 1. The standard InChI is InChI=1S/C23H28N2O4/c1-16(2)24-22(26)17-10-12-19(13-11-17)29-15-18-7-6-14-25(18)23(27)20-8-4-5-9-21(20)28-3/h4-5,8-13,16,18H,6-7,14-15H2,1-3H3,(H,24,26)/t18-/m0/s1. The second-order valence-electron chi connectivity index (χ2n) is 7.46. The van der Waals surface area contributed by atoms with Crippen LogP contribution in [0.3, 0.4) is 0 Å². The number of amides is 2. The van der Waals surface area contributed by atoms with Gasteiger partial charge < -0.3 is 19.7 Å². The van der Waals surface area contributed by atoms with E-state index < -0.39 is 0 Å². The molecule has 29 heavy (non-hydrogen) atoms. The zero-order valence-electron chi connectivity index (χ0n) is 17.2. The summed E-state index contributed by atoms with van der Waals surface area (Å²) < 4.78 is 11.3. The van der Waals surface area contributed by atoms with Crippen LogP contribution in [0.2, 0.25) is 0 Å². The van der Waals surface area contributed by atoms with Crippen molar-refractivity contribution in [3.63, 3.8) is 0 Å². The van der Waals surface area contributed by atoms with Crippen molar-refractivity contribution < 1.29 is 19.1 Å². The molecule has 1 atom stereocenters. The van der Waals surface area contributed by atoms with Gasteiger partial charge in [-0.1, -0.05) is 12.1 Å². The fourth-order valence-corrected chi connectivity index (χ4v) is 3.49. The summed E-state index contributed by atoms with van der Waals surface area (Å²) in [6, 6.07) is 14.5. The van der Waals surface area contributed by atoms with Crippen LogP contribution in [-0.4, -0.2) is 49.1 Å². The number of nitrogens with zero attached hydrogens (tertiary/aromatic N) is 1. The lowest BCUT2D eigenvalue weighted by Gasteiger charge is -2.25. The van der Waals surface area contributed by atoms with Gasteiger partial charge in [-0.3, -0.25) is 9.59 Å². The average Bonchev–Trinajstić information content (AvgIpc) is 3.20. The van der Waals surface area contributed by atoms with Crippen LogP contribution in [0.25, 0.3) is 0 Å². The number of carbonyl (C=O) groups is 2. The summed E-state index contributed by atoms with van der Waals surface area (Å²) in [5.41, 5.74) is 1.17. The van der Waals surface area contributed by atoms with Crippen molar-refractivity contribution in [2.45, 2.75) is 38.8 Å². The van der Waals surface area contributed by atoms with Gasteiger partial charge in [0.05, 0.1) is 18.7 Å². The molecule has 6 heteroatoms. The van der Waals surface area contributed by atoms with E-state index >= 15 is 0 Å². The number of nitrogens with one attached hydrogen (secondary N) is 1. The van der Waals surface area contributed by atoms with Gasteiger partial charge >= 0.3 is 0 Å². The van der Waals surface area contributed by atoms with Crippen LogP contribution in [-0.2, 0) is 0 Å². The van der Waals surface area contributed by atoms with Crippen molar-refractivity contribution in [3.05, 3.63) is 59.7 Å². The van der Waals surface area contributed by atoms with Gasteiger partial charge in [0.25, 0.3) is 11.8 Å². The third kappa shape index (κ3) is 5.08. The molecule has 6 nitrogen and oxygen atoms in total. The lowest BCUT2D eigenvalue weighted by molar-refractivity contribution is 0.0688. The van der Waals surface area contributed by atoms with Crippen molar-refractivity contribution in [1.82, 2.24) is 10.2 Å². The van der Waals surface area contributed by atoms with Gasteiger partial charge in [-0.25, -0.2) is 0 Å². The molecule has 1 fully saturated rings. The molecule has 0 aromatic heterocycles. The number of hydrogen-bond acceptors (Lipinski definition) is 4. The summed E-state index contributed by atoms with van der Waals surface area (Å²) in [5, 5.41) is 2.86. The Bertz CT molecular complexity index is 848. The smallest absolute Gasteiger partial charge is 0.257 e. The number of rotatable bonds is 7. The van der Waals surface area contributed by atoms with Gasteiger partial charge in [-0.15, -0.1) is 0 Å². The number of para-hydroxylation sites is 1. The molecule has 0 saturated carbocycles. The molecule has 154 valence electrons. The highest BCUT2D eigenvalue weighted by atomic mass is 16.5. The lowest BCUT2D eigenvalue weighted by atomic mass is 10.1. The van der Waals surface area contributed by atoms with Crippen molar-refractivity contribution in [2.24, 2.45) is 0 Å². The third-order valence-electron chi connectivity index (χ3n) is 4.95. The Morgan fingerprint density at radius 1 is 1.14 bits per heavy atom. The van der Waals surface area contributed by atoms with Crippen LogP contribution in [0.4, 0.5) is 0 Å². The minimum Gasteiger partial charge on any atom is -0.496 e. The third-order valence-corrected chi connectivity index (χ3v) is 4.95. The minimum absolute atomic E-state index is 0.0105. The van der Waals surface area contributed by atoms with E-state index in [1.54, 1.807) is 43.5 Å². The van der Waals surface area contributed by atoms with E-state index in [2.05, 4.69) is 5.32 Å². The minimum atomic E-state index is -0.101. The van der Waals surface area contributed by atoms with Crippen molar-refractivity contribution in [2.75, 3.05) is 20.3 Å². The summed E-state index contributed by atoms with van der Waals surface area (Å²) in [4.78, 5) is 26.9. The molecular formula is C23H28N2O4. The first-order valence-electron chi connectivity index (χ1n) is 9.97. The van der Waals surface area contributed by atoms with Crippen molar-refractivity contribution in [1.29, 1.82) is 0 Å². The maximum absolute atomic E-state index is 13.0. The molecule has 2 aromatic carbocycles. The normalized spacial score (nSPS) is 16.0. The number of benzene rings is 2.